The predicted molar refractivity (Wildman–Crippen MR) is 28.6 cm³/mol. The third-order valence-corrected chi connectivity index (χ3v) is 0.942. The molecule has 0 unspecified atom stereocenters. The molecule has 1 aliphatic heterocycles. The largest absolute Gasteiger partial charge is 0.372 e. The SMILES string of the molecule is N=C1CNCCN1. The molecule has 0 bridgehead atoms. The smallest absolute Gasteiger partial charge is 0.107 e. The maximum absolute atomic E-state index is 7.02. The lowest BCUT2D eigenvalue weighted by molar-refractivity contribution is 0.671. The van der Waals surface area contributed by atoms with Gasteiger partial charge in [-0.25, -0.2) is 0 Å². The van der Waals surface area contributed by atoms with Gasteiger partial charge in [0.05, 0.1) is 6.54 Å². The molecule has 40 valence electrons. The molecule has 1 aliphatic rings. The fraction of sp³-hybridized carbons (Fsp3) is 0.750. The molecule has 7 heavy (non-hydrogen) atoms. The molecule has 0 aliphatic carbocycles. The summed E-state index contributed by atoms with van der Waals surface area (Å²) in [7, 11) is 0. The monoisotopic (exact) mass is 99.1 g/mol. The summed E-state index contributed by atoms with van der Waals surface area (Å²) in [4.78, 5) is 0. The van der Waals surface area contributed by atoms with E-state index < -0.39 is 0 Å². The van der Waals surface area contributed by atoms with E-state index >= 15 is 0 Å². The van der Waals surface area contributed by atoms with Crippen LogP contribution in [0, 0.1) is 5.41 Å². The molecule has 0 aromatic carbocycles. The molecule has 1 saturated heterocycles. The minimum absolute atomic E-state index is 0.603. The molecule has 0 aromatic heterocycles. The van der Waals surface area contributed by atoms with Crippen LogP contribution in [0.25, 0.3) is 0 Å². The van der Waals surface area contributed by atoms with Crippen LogP contribution in [0.3, 0.4) is 0 Å². The minimum Gasteiger partial charge on any atom is -0.372 e. The van der Waals surface area contributed by atoms with E-state index in [1.54, 1.807) is 0 Å². The molecule has 1 heterocycles. The van der Waals surface area contributed by atoms with E-state index in [-0.39, 0.29) is 0 Å². The molecule has 3 nitrogen and oxygen atoms in total. The second-order valence-corrected chi connectivity index (χ2v) is 1.58. The molecule has 1 rings (SSSR count). The first-order valence-electron chi connectivity index (χ1n) is 2.41. The highest BCUT2D eigenvalue weighted by Crippen LogP contribution is 1.70. The molecular weight excluding hydrogens is 90.1 g/mol. The zero-order chi connectivity index (χ0) is 5.11. The Morgan fingerprint density at radius 2 is 2.29 bits per heavy atom. The summed E-state index contributed by atoms with van der Waals surface area (Å²) in [5.41, 5.74) is 0. The summed E-state index contributed by atoms with van der Waals surface area (Å²) in [5, 5.41) is 13.0. The quantitative estimate of drug-likeness (QED) is 0.370. The summed E-state index contributed by atoms with van der Waals surface area (Å²) in [6, 6.07) is 0. The number of rotatable bonds is 0. The maximum atomic E-state index is 7.02. The molecule has 3 N–H and O–H groups in total. The van der Waals surface area contributed by atoms with E-state index in [0.717, 1.165) is 13.1 Å². The van der Waals surface area contributed by atoms with E-state index in [2.05, 4.69) is 10.6 Å². The summed E-state index contributed by atoms with van der Waals surface area (Å²) >= 11 is 0. The van der Waals surface area contributed by atoms with Crippen LogP contribution in [0.2, 0.25) is 0 Å². The Kier molecular flexibility index (Phi) is 1.26. The van der Waals surface area contributed by atoms with Gasteiger partial charge < -0.3 is 10.6 Å². The van der Waals surface area contributed by atoms with Crippen LogP contribution in [0.5, 0.6) is 0 Å². The average molecular weight is 99.1 g/mol. The van der Waals surface area contributed by atoms with Crippen LogP contribution in [0.1, 0.15) is 0 Å². The van der Waals surface area contributed by atoms with Crippen molar-refractivity contribution in [1.82, 2.24) is 10.6 Å². The summed E-state index contributed by atoms with van der Waals surface area (Å²) in [6.07, 6.45) is 0. The van der Waals surface area contributed by atoms with Crippen molar-refractivity contribution < 1.29 is 0 Å². The van der Waals surface area contributed by atoms with Crippen LogP contribution >= 0.6 is 0 Å². The van der Waals surface area contributed by atoms with Crippen molar-refractivity contribution in [3.05, 3.63) is 0 Å². The van der Waals surface area contributed by atoms with Gasteiger partial charge in [0.15, 0.2) is 0 Å². The molecule has 0 aromatic rings. The highest BCUT2D eigenvalue weighted by Gasteiger charge is 1.98. The summed E-state index contributed by atoms with van der Waals surface area (Å²) in [5.74, 6) is 0.603. The van der Waals surface area contributed by atoms with Crippen molar-refractivity contribution in [2.75, 3.05) is 19.6 Å². The Hall–Kier alpha value is -0.570. The van der Waals surface area contributed by atoms with Crippen molar-refractivity contribution in [3.8, 4) is 0 Å². The first-order valence-corrected chi connectivity index (χ1v) is 2.41. The van der Waals surface area contributed by atoms with Crippen LogP contribution in [0.15, 0.2) is 0 Å². The highest BCUT2D eigenvalue weighted by molar-refractivity contribution is 5.81. The van der Waals surface area contributed by atoms with E-state index in [0.29, 0.717) is 12.4 Å². The second kappa shape index (κ2) is 1.93. The van der Waals surface area contributed by atoms with Gasteiger partial charge in [-0.2, -0.15) is 0 Å². The molecule has 3 heteroatoms. The second-order valence-electron chi connectivity index (χ2n) is 1.58. The van der Waals surface area contributed by atoms with Crippen molar-refractivity contribution in [2.45, 2.75) is 0 Å². The van der Waals surface area contributed by atoms with Crippen LogP contribution in [0.4, 0.5) is 0 Å². The number of hydrogen-bond donors (Lipinski definition) is 3. The maximum Gasteiger partial charge on any atom is 0.107 e. The zero-order valence-corrected chi connectivity index (χ0v) is 4.12. The first kappa shape index (κ1) is 4.59. The molecule has 1 fully saturated rings. The third-order valence-electron chi connectivity index (χ3n) is 0.942. The van der Waals surface area contributed by atoms with Crippen molar-refractivity contribution in [3.63, 3.8) is 0 Å². The lowest BCUT2D eigenvalue weighted by Gasteiger charge is -2.13. The topological polar surface area (TPSA) is 47.9 Å². The fourth-order valence-corrected chi connectivity index (χ4v) is 0.578. The Morgan fingerprint density at radius 1 is 1.43 bits per heavy atom. The van der Waals surface area contributed by atoms with Crippen molar-refractivity contribution in [1.29, 1.82) is 5.41 Å². The van der Waals surface area contributed by atoms with Crippen LogP contribution in [-0.2, 0) is 0 Å². The number of amidine groups is 1. The summed E-state index contributed by atoms with van der Waals surface area (Å²) < 4.78 is 0. The number of piperazine rings is 1. The molecule has 0 saturated carbocycles. The minimum atomic E-state index is 0.603. The van der Waals surface area contributed by atoms with Gasteiger partial charge in [-0.05, 0) is 0 Å². The van der Waals surface area contributed by atoms with Gasteiger partial charge in [0.2, 0.25) is 0 Å². The Balaban J connectivity index is 2.25. The lowest BCUT2D eigenvalue weighted by atomic mass is 10.4. The van der Waals surface area contributed by atoms with Crippen LogP contribution in [-0.4, -0.2) is 25.5 Å². The molecular formula is C4H9N3. The van der Waals surface area contributed by atoms with Crippen molar-refractivity contribution >= 4 is 5.84 Å². The van der Waals surface area contributed by atoms with Gasteiger partial charge in [-0.1, -0.05) is 0 Å². The standard InChI is InChI=1S/C4H9N3/c5-4-3-6-1-2-7-4/h6H,1-3H2,(H2,5,7). The lowest BCUT2D eigenvalue weighted by Crippen LogP contribution is -2.44. The van der Waals surface area contributed by atoms with E-state index in [9.17, 15) is 0 Å². The zero-order valence-electron chi connectivity index (χ0n) is 4.12. The van der Waals surface area contributed by atoms with Gasteiger partial charge in [0, 0.05) is 13.1 Å². The molecule has 0 spiro atoms. The van der Waals surface area contributed by atoms with E-state index in [1.807, 2.05) is 0 Å². The fourth-order valence-electron chi connectivity index (χ4n) is 0.578. The Labute approximate surface area is 42.6 Å². The van der Waals surface area contributed by atoms with Gasteiger partial charge in [0.25, 0.3) is 0 Å². The van der Waals surface area contributed by atoms with Gasteiger partial charge >= 0.3 is 0 Å². The summed E-state index contributed by atoms with van der Waals surface area (Å²) in [6.45, 7) is 2.60. The van der Waals surface area contributed by atoms with E-state index in [1.165, 1.54) is 0 Å². The first-order chi connectivity index (χ1) is 3.39. The molecule has 0 atom stereocenters. The van der Waals surface area contributed by atoms with Crippen LogP contribution < -0.4 is 10.6 Å². The predicted octanol–water partition coefficient (Wildman–Crippen LogP) is -0.844. The normalized spacial score (nSPS) is 21.4. The molecule has 0 radical (unpaired) electrons. The number of hydrogen-bond acceptors (Lipinski definition) is 2. The third kappa shape index (κ3) is 1.16. The van der Waals surface area contributed by atoms with E-state index in [4.69, 9.17) is 5.41 Å². The van der Waals surface area contributed by atoms with Gasteiger partial charge in [-0.15, -0.1) is 0 Å². The number of nitrogens with one attached hydrogen (secondary N) is 3. The Morgan fingerprint density at radius 3 is 2.57 bits per heavy atom. The van der Waals surface area contributed by atoms with Crippen molar-refractivity contribution in [2.24, 2.45) is 0 Å². The average Bonchev–Trinajstić information content (AvgIpc) is 1.69. The Bertz CT molecular complexity index is 71.0. The molecule has 0 amide bonds. The van der Waals surface area contributed by atoms with Gasteiger partial charge in [-0.3, -0.25) is 5.41 Å². The highest BCUT2D eigenvalue weighted by atomic mass is 15.1. The van der Waals surface area contributed by atoms with Gasteiger partial charge in [0.1, 0.15) is 5.84 Å².